The Hall–Kier alpha value is -3.72. The molecule has 0 bridgehead atoms. The first-order chi connectivity index (χ1) is 16.0. The number of benzene rings is 2. The second-order valence-electron chi connectivity index (χ2n) is 7.15. The molecule has 3 rings (SSSR count). The Kier molecular flexibility index (Phi) is 7.78. The van der Waals surface area contributed by atoms with Crippen LogP contribution in [0, 0.1) is 0 Å². The largest absolute Gasteiger partial charge is 0.497 e. The molecule has 1 N–H and O–H groups in total. The van der Waals surface area contributed by atoms with Gasteiger partial charge in [0.1, 0.15) is 17.2 Å². The Morgan fingerprint density at radius 3 is 2.03 bits per heavy atom. The predicted molar refractivity (Wildman–Crippen MR) is 123 cm³/mol. The molecular weight excluding hydrogens is 428 g/mol. The Bertz CT molecular complexity index is 1040. The van der Waals surface area contributed by atoms with Crippen molar-refractivity contribution in [2.24, 2.45) is 0 Å². The first-order valence-electron chi connectivity index (χ1n) is 10.3. The molecular formula is C24H28N2O7. The molecule has 9 nitrogen and oxygen atoms in total. The van der Waals surface area contributed by atoms with Crippen LogP contribution in [-0.4, -0.2) is 65.4 Å². The van der Waals surface area contributed by atoms with Crippen molar-refractivity contribution >= 4 is 23.1 Å². The SMILES string of the molecule is COCCCN1C(=O)C(Nc2cc(OC)cc(OC)c2)=C(c2ccc(OC)c(OC)c2)C1=O. The van der Waals surface area contributed by atoms with Crippen molar-refractivity contribution in [3.8, 4) is 23.0 Å². The number of amides is 2. The molecule has 1 aliphatic rings. The van der Waals surface area contributed by atoms with Gasteiger partial charge in [-0.1, -0.05) is 6.07 Å². The second kappa shape index (κ2) is 10.7. The normalized spacial score (nSPS) is 13.4. The van der Waals surface area contributed by atoms with E-state index < -0.39 is 11.8 Å². The summed E-state index contributed by atoms with van der Waals surface area (Å²) < 4.78 is 26.4. The fourth-order valence-electron chi connectivity index (χ4n) is 3.55. The Labute approximate surface area is 192 Å². The van der Waals surface area contributed by atoms with Crippen molar-refractivity contribution < 1.29 is 33.3 Å². The van der Waals surface area contributed by atoms with E-state index >= 15 is 0 Å². The van der Waals surface area contributed by atoms with Crippen LogP contribution >= 0.6 is 0 Å². The minimum Gasteiger partial charge on any atom is -0.497 e. The lowest BCUT2D eigenvalue weighted by Crippen LogP contribution is -2.33. The number of imide groups is 1. The molecule has 0 unspecified atom stereocenters. The van der Waals surface area contributed by atoms with Crippen LogP contribution in [0.25, 0.3) is 5.57 Å². The van der Waals surface area contributed by atoms with Crippen molar-refractivity contribution in [1.29, 1.82) is 0 Å². The third-order valence-electron chi connectivity index (χ3n) is 5.19. The van der Waals surface area contributed by atoms with Gasteiger partial charge in [-0.15, -0.1) is 0 Å². The minimum absolute atomic E-state index is 0.153. The highest BCUT2D eigenvalue weighted by atomic mass is 16.5. The topological polar surface area (TPSA) is 95.6 Å². The van der Waals surface area contributed by atoms with Gasteiger partial charge in [-0.25, -0.2) is 0 Å². The van der Waals surface area contributed by atoms with E-state index in [4.69, 9.17) is 23.7 Å². The highest BCUT2D eigenvalue weighted by Gasteiger charge is 2.39. The van der Waals surface area contributed by atoms with Gasteiger partial charge in [-0.2, -0.15) is 0 Å². The highest BCUT2D eigenvalue weighted by molar-refractivity contribution is 6.36. The quantitative estimate of drug-likeness (QED) is 0.407. The van der Waals surface area contributed by atoms with Gasteiger partial charge < -0.3 is 29.0 Å². The summed E-state index contributed by atoms with van der Waals surface area (Å²) in [7, 11) is 7.69. The van der Waals surface area contributed by atoms with E-state index in [0.717, 1.165) is 0 Å². The summed E-state index contributed by atoms with van der Waals surface area (Å²) in [5, 5.41) is 3.11. The average molecular weight is 456 g/mol. The molecule has 0 atom stereocenters. The summed E-state index contributed by atoms with van der Waals surface area (Å²) in [5.41, 5.74) is 1.46. The summed E-state index contributed by atoms with van der Waals surface area (Å²) in [5.74, 6) is 1.21. The van der Waals surface area contributed by atoms with Crippen LogP contribution in [0.4, 0.5) is 5.69 Å². The monoisotopic (exact) mass is 456 g/mol. The summed E-state index contributed by atoms with van der Waals surface area (Å²) in [6.45, 7) is 0.660. The molecule has 0 aliphatic carbocycles. The lowest BCUT2D eigenvalue weighted by Gasteiger charge is -2.15. The maximum Gasteiger partial charge on any atom is 0.278 e. The van der Waals surface area contributed by atoms with Gasteiger partial charge in [0.25, 0.3) is 11.8 Å². The van der Waals surface area contributed by atoms with Crippen LogP contribution in [0.1, 0.15) is 12.0 Å². The molecule has 0 saturated carbocycles. The number of hydrogen-bond acceptors (Lipinski definition) is 8. The zero-order valence-electron chi connectivity index (χ0n) is 19.4. The lowest BCUT2D eigenvalue weighted by atomic mass is 10.0. The number of nitrogens with zero attached hydrogens (tertiary/aromatic N) is 1. The standard InChI is InChI=1S/C24H28N2O7/c1-29-10-6-9-26-23(27)21(15-7-8-19(32-4)20(11-15)33-5)22(24(26)28)25-16-12-17(30-2)14-18(13-16)31-3/h7-8,11-14,25H,6,9-10H2,1-5H3. The van der Waals surface area contributed by atoms with E-state index in [1.54, 1.807) is 43.5 Å². The summed E-state index contributed by atoms with van der Waals surface area (Å²) in [6.07, 6.45) is 0.521. The first kappa shape index (κ1) is 23.9. The predicted octanol–water partition coefficient (Wildman–Crippen LogP) is 2.95. The summed E-state index contributed by atoms with van der Waals surface area (Å²) in [4.78, 5) is 27.9. The van der Waals surface area contributed by atoms with Crippen molar-refractivity contribution in [3.63, 3.8) is 0 Å². The number of carbonyl (C=O) groups excluding carboxylic acids is 2. The van der Waals surface area contributed by atoms with E-state index in [1.807, 2.05) is 0 Å². The van der Waals surface area contributed by atoms with E-state index in [1.165, 1.54) is 33.3 Å². The van der Waals surface area contributed by atoms with E-state index in [2.05, 4.69) is 5.32 Å². The lowest BCUT2D eigenvalue weighted by molar-refractivity contribution is -0.137. The summed E-state index contributed by atoms with van der Waals surface area (Å²) >= 11 is 0. The molecule has 0 saturated heterocycles. The van der Waals surface area contributed by atoms with Gasteiger partial charge in [0.2, 0.25) is 0 Å². The van der Waals surface area contributed by atoms with Crippen molar-refractivity contribution in [2.75, 3.05) is 54.0 Å². The fourth-order valence-corrected chi connectivity index (χ4v) is 3.55. The van der Waals surface area contributed by atoms with Crippen LogP contribution in [0.3, 0.4) is 0 Å². The number of rotatable bonds is 11. The number of hydrogen-bond donors (Lipinski definition) is 1. The van der Waals surface area contributed by atoms with Crippen LogP contribution in [0.2, 0.25) is 0 Å². The molecule has 0 spiro atoms. The van der Waals surface area contributed by atoms with Crippen LogP contribution in [-0.2, 0) is 14.3 Å². The van der Waals surface area contributed by atoms with E-state index in [9.17, 15) is 9.59 Å². The molecule has 33 heavy (non-hydrogen) atoms. The number of nitrogens with one attached hydrogen (secondary N) is 1. The van der Waals surface area contributed by atoms with E-state index in [0.29, 0.717) is 47.3 Å². The van der Waals surface area contributed by atoms with Crippen LogP contribution in [0.5, 0.6) is 23.0 Å². The van der Waals surface area contributed by atoms with Crippen molar-refractivity contribution in [3.05, 3.63) is 47.7 Å². The van der Waals surface area contributed by atoms with E-state index in [-0.39, 0.29) is 17.8 Å². The fraction of sp³-hybridized carbons (Fsp3) is 0.333. The summed E-state index contributed by atoms with van der Waals surface area (Å²) in [6, 6.07) is 10.2. The second-order valence-corrected chi connectivity index (χ2v) is 7.15. The average Bonchev–Trinajstić information content (AvgIpc) is 3.07. The zero-order valence-corrected chi connectivity index (χ0v) is 19.4. The van der Waals surface area contributed by atoms with Gasteiger partial charge in [-0.05, 0) is 24.1 Å². The molecule has 2 aromatic rings. The molecule has 2 amide bonds. The minimum atomic E-state index is -0.428. The van der Waals surface area contributed by atoms with Gasteiger partial charge in [-0.3, -0.25) is 14.5 Å². The Balaban J connectivity index is 2.08. The Morgan fingerprint density at radius 1 is 0.788 bits per heavy atom. The van der Waals surface area contributed by atoms with Gasteiger partial charge in [0, 0.05) is 44.1 Å². The third kappa shape index (κ3) is 5.04. The van der Waals surface area contributed by atoms with Gasteiger partial charge in [0.05, 0.1) is 34.0 Å². The third-order valence-corrected chi connectivity index (χ3v) is 5.19. The molecule has 0 aromatic heterocycles. The number of anilines is 1. The first-order valence-corrected chi connectivity index (χ1v) is 10.3. The zero-order chi connectivity index (χ0) is 24.0. The Morgan fingerprint density at radius 2 is 1.45 bits per heavy atom. The smallest absolute Gasteiger partial charge is 0.278 e. The van der Waals surface area contributed by atoms with Gasteiger partial charge in [0.15, 0.2) is 11.5 Å². The molecule has 1 heterocycles. The molecule has 1 aliphatic heterocycles. The molecule has 176 valence electrons. The number of ether oxygens (including phenoxy) is 5. The van der Waals surface area contributed by atoms with Crippen LogP contribution in [0.15, 0.2) is 42.1 Å². The van der Waals surface area contributed by atoms with Gasteiger partial charge >= 0.3 is 0 Å². The maximum atomic E-state index is 13.4. The van der Waals surface area contributed by atoms with Crippen LogP contribution < -0.4 is 24.3 Å². The van der Waals surface area contributed by atoms with Crippen molar-refractivity contribution in [1.82, 2.24) is 4.90 Å². The molecule has 0 fully saturated rings. The molecule has 2 aromatic carbocycles. The molecule has 0 radical (unpaired) electrons. The highest BCUT2D eigenvalue weighted by Crippen LogP contribution is 2.36. The number of carbonyl (C=O) groups is 2. The number of methoxy groups -OCH3 is 5. The maximum absolute atomic E-state index is 13.4. The van der Waals surface area contributed by atoms with Crippen molar-refractivity contribution in [2.45, 2.75) is 6.42 Å². The molecule has 9 heteroatoms.